The summed E-state index contributed by atoms with van der Waals surface area (Å²) in [7, 11) is 0. The molecule has 3 aromatic rings. The lowest BCUT2D eigenvalue weighted by Gasteiger charge is -2.01. The number of nitrogens with zero attached hydrogens (tertiary/aromatic N) is 2. The number of hydrogen-bond donors (Lipinski definition) is 1. The first-order chi connectivity index (χ1) is 9.78. The quantitative estimate of drug-likeness (QED) is 0.781. The maximum atomic E-state index is 5.64. The lowest BCUT2D eigenvalue weighted by molar-refractivity contribution is 0.800. The lowest BCUT2D eigenvalue weighted by Crippen LogP contribution is -2.00. The van der Waals surface area contributed by atoms with Crippen LogP contribution in [0.1, 0.15) is 22.7 Å². The predicted molar refractivity (Wildman–Crippen MR) is 85.3 cm³/mol. The van der Waals surface area contributed by atoms with Gasteiger partial charge < -0.3 is 10.3 Å². The van der Waals surface area contributed by atoms with Crippen LogP contribution in [-0.4, -0.2) is 16.1 Å². The van der Waals surface area contributed by atoms with E-state index in [2.05, 4.69) is 45.4 Å². The van der Waals surface area contributed by atoms with Gasteiger partial charge in [-0.05, 0) is 37.9 Å². The number of thiazole rings is 1. The van der Waals surface area contributed by atoms with E-state index in [0.717, 1.165) is 36.6 Å². The first kappa shape index (κ1) is 13.3. The van der Waals surface area contributed by atoms with E-state index in [0.29, 0.717) is 0 Å². The summed E-state index contributed by atoms with van der Waals surface area (Å²) in [4.78, 5) is 4.56. The second-order valence-corrected chi connectivity index (χ2v) is 6.02. The fourth-order valence-corrected chi connectivity index (χ4v) is 3.34. The highest BCUT2D eigenvalue weighted by atomic mass is 32.1. The van der Waals surface area contributed by atoms with Crippen LogP contribution in [0, 0.1) is 6.92 Å². The first-order valence-electron chi connectivity index (χ1n) is 6.96. The van der Waals surface area contributed by atoms with Crippen molar-refractivity contribution in [3.63, 3.8) is 0 Å². The Bertz CT molecular complexity index is 711. The van der Waals surface area contributed by atoms with Gasteiger partial charge in [0.25, 0.3) is 0 Å². The maximum absolute atomic E-state index is 5.64. The van der Waals surface area contributed by atoms with Gasteiger partial charge in [0.1, 0.15) is 5.01 Å². The van der Waals surface area contributed by atoms with Gasteiger partial charge in [0.05, 0.1) is 6.54 Å². The molecule has 4 heteroatoms. The van der Waals surface area contributed by atoms with Gasteiger partial charge in [0.15, 0.2) is 0 Å². The van der Waals surface area contributed by atoms with Crippen molar-refractivity contribution >= 4 is 22.2 Å². The molecule has 0 aliphatic heterocycles. The maximum Gasteiger partial charge on any atom is 0.113 e. The average molecular weight is 285 g/mol. The number of nitrogens with two attached hydrogens (primary N) is 1. The minimum Gasteiger partial charge on any atom is -0.340 e. The molecule has 20 heavy (non-hydrogen) atoms. The molecule has 1 aromatic carbocycles. The molecule has 0 fully saturated rings. The zero-order chi connectivity index (χ0) is 13.9. The first-order valence-corrected chi connectivity index (χ1v) is 7.83. The Kier molecular flexibility index (Phi) is 3.85. The summed E-state index contributed by atoms with van der Waals surface area (Å²) in [5.74, 6) is 0. The van der Waals surface area contributed by atoms with E-state index in [1.807, 2.05) is 6.92 Å². The molecule has 0 amide bonds. The van der Waals surface area contributed by atoms with E-state index < -0.39 is 0 Å². The Balaban J connectivity index is 1.97. The fourth-order valence-electron chi connectivity index (χ4n) is 2.57. The summed E-state index contributed by atoms with van der Waals surface area (Å²) in [5, 5.41) is 4.61. The van der Waals surface area contributed by atoms with Crippen LogP contribution in [0.25, 0.3) is 10.9 Å². The minimum atomic E-state index is 0.741. The second kappa shape index (κ2) is 5.77. The molecule has 0 radical (unpaired) electrons. The Hall–Kier alpha value is -1.65. The molecule has 2 N–H and O–H groups in total. The summed E-state index contributed by atoms with van der Waals surface area (Å²) in [5.41, 5.74) is 9.41. The normalized spacial score (nSPS) is 11.3. The number of para-hydroxylation sites is 1. The minimum absolute atomic E-state index is 0.741. The van der Waals surface area contributed by atoms with Crippen LogP contribution >= 0.6 is 11.3 Å². The van der Waals surface area contributed by atoms with Gasteiger partial charge in [0, 0.05) is 28.2 Å². The predicted octanol–water partition coefficient (Wildman–Crippen LogP) is 3.35. The third-order valence-corrected chi connectivity index (χ3v) is 4.44. The van der Waals surface area contributed by atoms with E-state index in [4.69, 9.17) is 5.73 Å². The van der Waals surface area contributed by atoms with Gasteiger partial charge in [-0.3, -0.25) is 0 Å². The molecule has 2 aromatic heterocycles. The summed E-state index contributed by atoms with van der Waals surface area (Å²) >= 11 is 1.73. The largest absolute Gasteiger partial charge is 0.340 e. The molecule has 0 saturated heterocycles. The highest BCUT2D eigenvalue weighted by Crippen LogP contribution is 2.24. The van der Waals surface area contributed by atoms with Crippen LogP contribution in [0.15, 0.2) is 35.8 Å². The summed E-state index contributed by atoms with van der Waals surface area (Å²) in [6.07, 6.45) is 4.34. The third kappa shape index (κ3) is 2.62. The Morgan fingerprint density at radius 2 is 2.15 bits per heavy atom. The standard InChI is InChI=1S/C16H19N3S/c1-12-11-20-16(18-12)10-19-9-13(5-4-8-17)14-6-2-3-7-15(14)19/h2-3,6-7,9,11H,4-5,8,10,17H2,1H3. The van der Waals surface area contributed by atoms with Crippen molar-refractivity contribution < 1.29 is 0 Å². The molecular formula is C16H19N3S. The summed E-state index contributed by atoms with van der Waals surface area (Å²) in [6.45, 7) is 3.63. The topological polar surface area (TPSA) is 43.8 Å². The molecule has 0 aliphatic carbocycles. The lowest BCUT2D eigenvalue weighted by atomic mass is 10.1. The van der Waals surface area contributed by atoms with Gasteiger partial charge in [-0.25, -0.2) is 4.98 Å². The van der Waals surface area contributed by atoms with Crippen molar-refractivity contribution in [2.45, 2.75) is 26.3 Å². The molecule has 0 saturated carbocycles. The van der Waals surface area contributed by atoms with Crippen molar-refractivity contribution in [3.8, 4) is 0 Å². The van der Waals surface area contributed by atoms with Gasteiger partial charge in [-0.15, -0.1) is 11.3 Å². The molecule has 104 valence electrons. The third-order valence-electron chi connectivity index (χ3n) is 3.49. The van der Waals surface area contributed by atoms with Gasteiger partial charge in [-0.1, -0.05) is 18.2 Å². The molecule has 2 heterocycles. The molecule has 0 aliphatic rings. The molecule has 3 nitrogen and oxygen atoms in total. The van der Waals surface area contributed by atoms with Crippen molar-refractivity contribution in [3.05, 3.63) is 52.1 Å². The monoisotopic (exact) mass is 285 g/mol. The average Bonchev–Trinajstić information content (AvgIpc) is 3.02. The smallest absolute Gasteiger partial charge is 0.113 e. The Morgan fingerprint density at radius 1 is 1.30 bits per heavy atom. The molecule has 3 rings (SSSR count). The van der Waals surface area contributed by atoms with Gasteiger partial charge in [0.2, 0.25) is 0 Å². The molecular weight excluding hydrogens is 266 g/mol. The van der Waals surface area contributed by atoms with Crippen molar-refractivity contribution in [1.82, 2.24) is 9.55 Å². The van der Waals surface area contributed by atoms with Crippen molar-refractivity contribution in [2.75, 3.05) is 6.54 Å². The van der Waals surface area contributed by atoms with Crippen LogP contribution in [0.4, 0.5) is 0 Å². The number of rotatable bonds is 5. The van der Waals surface area contributed by atoms with Crippen LogP contribution in [0.5, 0.6) is 0 Å². The Labute approximate surface area is 123 Å². The number of hydrogen-bond acceptors (Lipinski definition) is 3. The Morgan fingerprint density at radius 3 is 2.90 bits per heavy atom. The van der Waals surface area contributed by atoms with E-state index in [1.54, 1.807) is 11.3 Å². The van der Waals surface area contributed by atoms with Crippen molar-refractivity contribution in [1.29, 1.82) is 0 Å². The van der Waals surface area contributed by atoms with Gasteiger partial charge >= 0.3 is 0 Å². The molecule has 0 atom stereocenters. The summed E-state index contributed by atoms with van der Waals surface area (Å²) in [6, 6.07) is 8.58. The summed E-state index contributed by atoms with van der Waals surface area (Å²) < 4.78 is 2.31. The van der Waals surface area contributed by atoms with E-state index in [-0.39, 0.29) is 0 Å². The van der Waals surface area contributed by atoms with Crippen LogP contribution in [0.2, 0.25) is 0 Å². The van der Waals surface area contributed by atoms with E-state index >= 15 is 0 Å². The van der Waals surface area contributed by atoms with Crippen LogP contribution in [-0.2, 0) is 13.0 Å². The number of benzene rings is 1. The fraction of sp³-hybridized carbons (Fsp3) is 0.312. The number of aromatic nitrogens is 2. The van der Waals surface area contributed by atoms with Crippen molar-refractivity contribution in [2.24, 2.45) is 5.73 Å². The SMILES string of the molecule is Cc1csc(Cn2cc(CCCN)c3ccccc32)n1. The molecule has 0 bridgehead atoms. The highest BCUT2D eigenvalue weighted by molar-refractivity contribution is 7.09. The van der Waals surface area contributed by atoms with E-state index in [1.165, 1.54) is 16.5 Å². The zero-order valence-electron chi connectivity index (χ0n) is 11.7. The number of aryl methyl sites for hydroxylation is 2. The molecule has 0 unspecified atom stereocenters. The van der Waals surface area contributed by atoms with Crippen LogP contribution < -0.4 is 5.73 Å². The van der Waals surface area contributed by atoms with E-state index in [9.17, 15) is 0 Å². The number of fused-ring (bicyclic) bond motifs is 1. The van der Waals surface area contributed by atoms with Crippen LogP contribution in [0.3, 0.4) is 0 Å². The zero-order valence-corrected chi connectivity index (χ0v) is 12.5. The van der Waals surface area contributed by atoms with Gasteiger partial charge in [-0.2, -0.15) is 0 Å². The highest BCUT2D eigenvalue weighted by Gasteiger charge is 2.09. The second-order valence-electron chi connectivity index (χ2n) is 5.07. The molecule has 0 spiro atoms.